The van der Waals surface area contributed by atoms with E-state index in [9.17, 15) is 19.2 Å². The van der Waals surface area contributed by atoms with Crippen molar-refractivity contribution in [2.75, 3.05) is 39.3 Å². The molecule has 132 valence electrons. The molecule has 23 heavy (non-hydrogen) atoms. The number of hydrogen-bond donors (Lipinski definition) is 4. The number of rotatable bonds is 13. The quantitative estimate of drug-likeness (QED) is 0.328. The van der Waals surface area contributed by atoms with Crippen LogP contribution in [0.25, 0.3) is 0 Å². The molecule has 0 amide bonds. The average molecular weight is 334 g/mol. The van der Waals surface area contributed by atoms with Crippen molar-refractivity contribution in [1.82, 2.24) is 9.80 Å². The smallest absolute Gasteiger partial charge is 0.317 e. The van der Waals surface area contributed by atoms with Crippen molar-refractivity contribution in [2.24, 2.45) is 5.92 Å². The van der Waals surface area contributed by atoms with Crippen LogP contribution in [0.2, 0.25) is 0 Å². The normalized spacial score (nSPS) is 11.1. The minimum Gasteiger partial charge on any atom is -0.480 e. The molecule has 0 spiro atoms. The molecule has 0 atom stereocenters. The van der Waals surface area contributed by atoms with Crippen molar-refractivity contribution < 1.29 is 39.6 Å². The van der Waals surface area contributed by atoms with Gasteiger partial charge in [-0.3, -0.25) is 29.0 Å². The fraction of sp³-hybridized carbons (Fsp3) is 0.692. The van der Waals surface area contributed by atoms with Gasteiger partial charge in [0.15, 0.2) is 0 Å². The summed E-state index contributed by atoms with van der Waals surface area (Å²) in [5.74, 6) is -4.95. The van der Waals surface area contributed by atoms with Gasteiger partial charge in [0.1, 0.15) is 0 Å². The summed E-state index contributed by atoms with van der Waals surface area (Å²) in [6.07, 6.45) is 0.519. The number of carbonyl (C=O) groups is 4. The van der Waals surface area contributed by atoms with E-state index in [4.69, 9.17) is 20.4 Å². The van der Waals surface area contributed by atoms with Crippen LogP contribution in [-0.2, 0) is 19.2 Å². The third kappa shape index (κ3) is 11.1. The molecule has 0 aromatic rings. The first kappa shape index (κ1) is 20.8. The standard InChI is InChI=1S/C13H22N2O8/c1-2-9(3-14(5-10(16)17)6-11(18)19)4-15(7-12(20)21)8-13(22)23/h9H,2-8H2,1H3,(H,16,17)(H,18,19)(H,20,21)(H,22,23). The molecule has 10 heteroatoms. The van der Waals surface area contributed by atoms with E-state index in [2.05, 4.69) is 0 Å². The van der Waals surface area contributed by atoms with Crippen LogP contribution in [0.4, 0.5) is 0 Å². The Morgan fingerprint density at radius 2 is 0.957 bits per heavy atom. The Hall–Kier alpha value is -2.20. The number of nitrogens with zero attached hydrogens (tertiary/aromatic N) is 2. The molecule has 0 heterocycles. The maximum Gasteiger partial charge on any atom is 0.317 e. The SMILES string of the molecule is CCC(CN(CC(=O)O)CC(=O)O)CN(CC(=O)O)CC(=O)O. The van der Waals surface area contributed by atoms with Crippen molar-refractivity contribution in [3.8, 4) is 0 Å². The second-order valence-corrected chi connectivity index (χ2v) is 5.19. The van der Waals surface area contributed by atoms with Gasteiger partial charge >= 0.3 is 23.9 Å². The predicted octanol–water partition coefficient (Wildman–Crippen LogP) is -1.04. The highest BCUT2D eigenvalue weighted by Crippen LogP contribution is 2.09. The molecule has 0 saturated carbocycles. The molecule has 0 aliphatic rings. The first-order chi connectivity index (χ1) is 10.6. The number of carboxylic acid groups (broad SMARTS) is 4. The van der Waals surface area contributed by atoms with E-state index in [1.807, 2.05) is 0 Å². The third-order valence-electron chi connectivity index (χ3n) is 3.05. The van der Waals surface area contributed by atoms with Crippen LogP contribution in [0.3, 0.4) is 0 Å². The third-order valence-corrected chi connectivity index (χ3v) is 3.05. The highest BCUT2D eigenvalue weighted by atomic mass is 16.4. The maximum absolute atomic E-state index is 10.8. The van der Waals surface area contributed by atoms with Gasteiger partial charge in [-0.05, 0) is 5.92 Å². The first-order valence-corrected chi connectivity index (χ1v) is 6.95. The Kier molecular flexibility index (Phi) is 9.51. The van der Waals surface area contributed by atoms with Gasteiger partial charge in [0.05, 0.1) is 26.2 Å². The summed E-state index contributed by atoms with van der Waals surface area (Å²) < 4.78 is 0. The Morgan fingerprint density at radius 1 is 0.696 bits per heavy atom. The van der Waals surface area contributed by atoms with Gasteiger partial charge in [0.25, 0.3) is 0 Å². The van der Waals surface area contributed by atoms with E-state index in [0.717, 1.165) is 0 Å². The van der Waals surface area contributed by atoms with Crippen LogP contribution in [0.5, 0.6) is 0 Å². The summed E-state index contributed by atoms with van der Waals surface area (Å²) >= 11 is 0. The number of hydrogen-bond acceptors (Lipinski definition) is 6. The summed E-state index contributed by atoms with van der Waals surface area (Å²) in [6.45, 7) is 0.183. The Morgan fingerprint density at radius 3 is 1.13 bits per heavy atom. The van der Waals surface area contributed by atoms with Gasteiger partial charge in [-0.1, -0.05) is 13.3 Å². The fourth-order valence-corrected chi connectivity index (χ4v) is 2.18. The van der Waals surface area contributed by atoms with Gasteiger partial charge in [-0.15, -0.1) is 0 Å². The Bertz CT molecular complexity index is 370. The topological polar surface area (TPSA) is 156 Å². The maximum atomic E-state index is 10.8. The summed E-state index contributed by atoms with van der Waals surface area (Å²) in [5, 5.41) is 35.2. The zero-order valence-electron chi connectivity index (χ0n) is 12.8. The molecule has 0 aromatic heterocycles. The van der Waals surface area contributed by atoms with Crippen molar-refractivity contribution >= 4 is 23.9 Å². The second-order valence-electron chi connectivity index (χ2n) is 5.19. The summed E-state index contributed by atoms with van der Waals surface area (Å²) in [5.41, 5.74) is 0. The van der Waals surface area contributed by atoms with Gasteiger partial charge in [0, 0.05) is 13.1 Å². The molecule has 10 nitrogen and oxygen atoms in total. The lowest BCUT2D eigenvalue weighted by molar-refractivity contribution is -0.143. The number of aliphatic carboxylic acids is 4. The fourth-order valence-electron chi connectivity index (χ4n) is 2.18. The molecule has 0 aliphatic carbocycles. The molecule has 0 aliphatic heterocycles. The first-order valence-electron chi connectivity index (χ1n) is 6.95. The van der Waals surface area contributed by atoms with Crippen molar-refractivity contribution in [3.63, 3.8) is 0 Å². The molecule has 0 unspecified atom stereocenters. The Labute approximate surface area is 132 Å². The largest absolute Gasteiger partial charge is 0.480 e. The van der Waals surface area contributed by atoms with Crippen LogP contribution in [0.15, 0.2) is 0 Å². The lowest BCUT2D eigenvalue weighted by Gasteiger charge is -2.28. The highest BCUT2D eigenvalue weighted by Gasteiger charge is 2.22. The average Bonchev–Trinajstić information content (AvgIpc) is 2.34. The zero-order chi connectivity index (χ0) is 18.0. The minimum atomic E-state index is -1.17. The van der Waals surface area contributed by atoms with Gasteiger partial charge in [-0.25, -0.2) is 0 Å². The number of carboxylic acids is 4. The molecular weight excluding hydrogens is 312 g/mol. The zero-order valence-corrected chi connectivity index (χ0v) is 12.8. The van der Waals surface area contributed by atoms with Crippen molar-refractivity contribution in [2.45, 2.75) is 13.3 Å². The predicted molar refractivity (Wildman–Crippen MR) is 77.2 cm³/mol. The second kappa shape index (κ2) is 10.5. The molecule has 0 saturated heterocycles. The molecule has 0 radical (unpaired) electrons. The molecule has 0 aromatic carbocycles. The monoisotopic (exact) mass is 334 g/mol. The lowest BCUT2D eigenvalue weighted by atomic mass is 10.0. The van der Waals surface area contributed by atoms with Crippen LogP contribution in [0, 0.1) is 5.92 Å². The van der Waals surface area contributed by atoms with Gasteiger partial charge in [-0.2, -0.15) is 0 Å². The highest BCUT2D eigenvalue weighted by molar-refractivity contribution is 5.73. The summed E-state index contributed by atoms with van der Waals surface area (Å²) in [6, 6.07) is 0. The van der Waals surface area contributed by atoms with Crippen LogP contribution >= 0.6 is 0 Å². The van der Waals surface area contributed by atoms with Crippen molar-refractivity contribution in [1.29, 1.82) is 0 Å². The minimum absolute atomic E-state index is 0.116. The molecular formula is C13H22N2O8. The van der Waals surface area contributed by atoms with Crippen LogP contribution < -0.4 is 0 Å². The molecule has 0 bridgehead atoms. The Balaban J connectivity index is 4.84. The van der Waals surface area contributed by atoms with Crippen molar-refractivity contribution in [3.05, 3.63) is 0 Å². The lowest BCUT2D eigenvalue weighted by Crippen LogP contribution is -2.43. The van der Waals surface area contributed by atoms with E-state index < -0.39 is 50.1 Å². The van der Waals surface area contributed by atoms with E-state index in [0.29, 0.717) is 6.42 Å². The van der Waals surface area contributed by atoms with E-state index >= 15 is 0 Å². The van der Waals surface area contributed by atoms with Crippen LogP contribution in [-0.4, -0.2) is 93.4 Å². The van der Waals surface area contributed by atoms with E-state index in [-0.39, 0.29) is 19.0 Å². The molecule has 0 rings (SSSR count). The molecule has 0 fully saturated rings. The molecule has 4 N–H and O–H groups in total. The summed E-state index contributed by atoms with van der Waals surface area (Å²) in [7, 11) is 0. The van der Waals surface area contributed by atoms with Gasteiger partial charge in [0.2, 0.25) is 0 Å². The van der Waals surface area contributed by atoms with Crippen LogP contribution in [0.1, 0.15) is 13.3 Å². The van der Waals surface area contributed by atoms with E-state index in [1.54, 1.807) is 6.92 Å². The summed E-state index contributed by atoms with van der Waals surface area (Å²) in [4.78, 5) is 45.5. The van der Waals surface area contributed by atoms with E-state index in [1.165, 1.54) is 9.80 Å². The van der Waals surface area contributed by atoms with Gasteiger partial charge < -0.3 is 20.4 Å².